The van der Waals surface area contributed by atoms with E-state index < -0.39 is 0 Å². The van der Waals surface area contributed by atoms with Crippen LogP contribution in [-0.4, -0.2) is 36.1 Å². The SMILES string of the molecule is CCN(CC)CCNc1nccc2c(N)cc(C)cc12. The van der Waals surface area contributed by atoms with Crippen molar-refractivity contribution in [3.05, 3.63) is 30.0 Å². The summed E-state index contributed by atoms with van der Waals surface area (Å²) in [6, 6.07) is 6.11. The average Bonchev–Trinajstić information content (AvgIpc) is 2.44. The molecule has 2 aromatic rings. The molecular formula is C16H24N4. The number of nitrogens with two attached hydrogens (primary N) is 1. The van der Waals surface area contributed by atoms with Crippen molar-refractivity contribution in [2.45, 2.75) is 20.8 Å². The van der Waals surface area contributed by atoms with Crippen LogP contribution < -0.4 is 11.1 Å². The highest BCUT2D eigenvalue weighted by Gasteiger charge is 2.06. The van der Waals surface area contributed by atoms with E-state index in [9.17, 15) is 0 Å². The van der Waals surface area contributed by atoms with Crippen molar-refractivity contribution in [3.63, 3.8) is 0 Å². The Labute approximate surface area is 121 Å². The molecule has 0 saturated carbocycles. The van der Waals surface area contributed by atoms with Gasteiger partial charge < -0.3 is 16.0 Å². The summed E-state index contributed by atoms with van der Waals surface area (Å²) in [4.78, 5) is 6.84. The first kappa shape index (κ1) is 14.6. The molecule has 1 heterocycles. The van der Waals surface area contributed by atoms with E-state index in [0.717, 1.165) is 54.0 Å². The molecule has 0 fully saturated rings. The van der Waals surface area contributed by atoms with Crippen LogP contribution >= 0.6 is 0 Å². The predicted molar refractivity (Wildman–Crippen MR) is 87.2 cm³/mol. The number of rotatable bonds is 6. The predicted octanol–water partition coefficient (Wildman–Crippen LogP) is 2.88. The molecule has 0 amide bonds. The van der Waals surface area contributed by atoms with Gasteiger partial charge in [-0.1, -0.05) is 13.8 Å². The molecule has 0 spiro atoms. The number of hydrogen-bond acceptors (Lipinski definition) is 4. The first-order valence-electron chi connectivity index (χ1n) is 7.26. The zero-order valence-corrected chi connectivity index (χ0v) is 12.6. The second-order valence-electron chi connectivity index (χ2n) is 5.06. The number of fused-ring (bicyclic) bond motifs is 1. The second kappa shape index (κ2) is 6.57. The van der Waals surface area contributed by atoms with E-state index in [0.29, 0.717) is 0 Å². The van der Waals surface area contributed by atoms with Crippen LogP contribution in [0.1, 0.15) is 19.4 Å². The molecule has 0 unspecified atom stereocenters. The summed E-state index contributed by atoms with van der Waals surface area (Å²) in [7, 11) is 0. The zero-order valence-electron chi connectivity index (χ0n) is 12.6. The fraction of sp³-hybridized carbons (Fsp3) is 0.438. The van der Waals surface area contributed by atoms with Gasteiger partial charge in [0.15, 0.2) is 0 Å². The summed E-state index contributed by atoms with van der Waals surface area (Å²) in [5.74, 6) is 0.921. The lowest BCUT2D eigenvalue weighted by molar-refractivity contribution is 0.316. The summed E-state index contributed by atoms with van der Waals surface area (Å²) in [6.45, 7) is 10.5. The molecule has 4 heteroatoms. The topological polar surface area (TPSA) is 54.2 Å². The molecule has 0 atom stereocenters. The average molecular weight is 272 g/mol. The van der Waals surface area contributed by atoms with E-state index in [4.69, 9.17) is 5.73 Å². The standard InChI is InChI=1S/C16H24N4/c1-4-20(5-2)9-8-19-16-14-10-12(3)11-15(17)13(14)6-7-18-16/h6-7,10-11H,4-5,8-9,17H2,1-3H3,(H,18,19). The first-order valence-corrected chi connectivity index (χ1v) is 7.26. The van der Waals surface area contributed by atoms with E-state index in [1.807, 2.05) is 18.3 Å². The molecule has 20 heavy (non-hydrogen) atoms. The van der Waals surface area contributed by atoms with Gasteiger partial charge >= 0.3 is 0 Å². The Morgan fingerprint density at radius 2 is 1.95 bits per heavy atom. The maximum absolute atomic E-state index is 6.08. The van der Waals surface area contributed by atoms with Gasteiger partial charge in [-0.25, -0.2) is 4.98 Å². The lowest BCUT2D eigenvalue weighted by Gasteiger charge is -2.18. The summed E-state index contributed by atoms with van der Waals surface area (Å²) in [5, 5.41) is 5.60. The lowest BCUT2D eigenvalue weighted by Crippen LogP contribution is -2.28. The maximum atomic E-state index is 6.08. The summed E-state index contributed by atoms with van der Waals surface area (Å²) in [6.07, 6.45) is 1.81. The van der Waals surface area contributed by atoms with Gasteiger partial charge in [-0.3, -0.25) is 0 Å². The number of benzene rings is 1. The van der Waals surface area contributed by atoms with Gasteiger partial charge in [0, 0.05) is 35.7 Å². The van der Waals surface area contributed by atoms with Crippen LogP contribution in [0.3, 0.4) is 0 Å². The highest BCUT2D eigenvalue weighted by Crippen LogP contribution is 2.27. The number of hydrogen-bond donors (Lipinski definition) is 2. The summed E-state index contributed by atoms with van der Waals surface area (Å²) < 4.78 is 0. The van der Waals surface area contributed by atoms with E-state index in [-0.39, 0.29) is 0 Å². The van der Waals surface area contributed by atoms with Gasteiger partial charge in [-0.2, -0.15) is 0 Å². The van der Waals surface area contributed by atoms with Crippen molar-refractivity contribution in [2.75, 3.05) is 37.2 Å². The number of pyridine rings is 1. The Kier molecular flexibility index (Phi) is 4.79. The van der Waals surface area contributed by atoms with Gasteiger partial charge in [0.2, 0.25) is 0 Å². The van der Waals surface area contributed by atoms with Crippen molar-refractivity contribution < 1.29 is 0 Å². The van der Waals surface area contributed by atoms with Gasteiger partial charge in [0.25, 0.3) is 0 Å². The van der Waals surface area contributed by atoms with Gasteiger partial charge in [0.05, 0.1) is 0 Å². The van der Waals surface area contributed by atoms with Gasteiger partial charge in [0.1, 0.15) is 5.82 Å². The Bertz CT molecular complexity index is 576. The number of likely N-dealkylation sites (N-methyl/N-ethyl adjacent to an activating group) is 1. The highest BCUT2D eigenvalue weighted by molar-refractivity contribution is 5.99. The number of nitrogens with zero attached hydrogens (tertiary/aromatic N) is 2. The molecule has 108 valence electrons. The highest BCUT2D eigenvalue weighted by atomic mass is 15.1. The minimum absolute atomic E-state index is 0.814. The van der Waals surface area contributed by atoms with Crippen molar-refractivity contribution in [3.8, 4) is 0 Å². The monoisotopic (exact) mass is 272 g/mol. The number of anilines is 2. The Balaban J connectivity index is 2.18. The molecule has 0 bridgehead atoms. The van der Waals surface area contributed by atoms with Crippen LogP contribution in [-0.2, 0) is 0 Å². The third-order valence-corrected chi connectivity index (χ3v) is 3.67. The number of nitrogens with one attached hydrogen (secondary N) is 1. The van der Waals surface area contributed by atoms with Crippen LogP contribution in [0.4, 0.5) is 11.5 Å². The fourth-order valence-electron chi connectivity index (χ4n) is 2.48. The maximum Gasteiger partial charge on any atom is 0.133 e. The van der Waals surface area contributed by atoms with Crippen LogP contribution in [0, 0.1) is 6.92 Å². The fourth-order valence-corrected chi connectivity index (χ4v) is 2.48. The Morgan fingerprint density at radius 3 is 2.65 bits per heavy atom. The quantitative estimate of drug-likeness (QED) is 0.794. The Morgan fingerprint density at radius 1 is 1.20 bits per heavy atom. The van der Waals surface area contributed by atoms with Crippen LogP contribution in [0.5, 0.6) is 0 Å². The van der Waals surface area contributed by atoms with Crippen LogP contribution in [0.25, 0.3) is 10.8 Å². The minimum Gasteiger partial charge on any atom is -0.398 e. The molecule has 0 saturated heterocycles. The number of aromatic nitrogens is 1. The van der Waals surface area contributed by atoms with E-state index >= 15 is 0 Å². The van der Waals surface area contributed by atoms with Gasteiger partial charge in [-0.15, -0.1) is 0 Å². The Hall–Kier alpha value is -1.81. The molecule has 4 nitrogen and oxygen atoms in total. The van der Waals surface area contributed by atoms with E-state index in [1.165, 1.54) is 0 Å². The largest absolute Gasteiger partial charge is 0.398 e. The molecule has 1 aromatic carbocycles. The normalized spacial score (nSPS) is 11.2. The van der Waals surface area contributed by atoms with Crippen molar-refractivity contribution >= 4 is 22.3 Å². The number of aryl methyl sites for hydroxylation is 1. The zero-order chi connectivity index (χ0) is 14.5. The lowest BCUT2D eigenvalue weighted by atomic mass is 10.1. The number of nitrogen functional groups attached to an aromatic ring is 1. The van der Waals surface area contributed by atoms with E-state index in [2.05, 4.69) is 42.0 Å². The molecule has 0 aliphatic carbocycles. The first-order chi connectivity index (χ1) is 9.65. The van der Waals surface area contributed by atoms with Gasteiger partial charge in [-0.05, 0) is 43.8 Å². The molecule has 2 rings (SSSR count). The third kappa shape index (κ3) is 3.20. The van der Waals surface area contributed by atoms with Crippen LogP contribution in [0.15, 0.2) is 24.4 Å². The molecule has 0 radical (unpaired) electrons. The van der Waals surface area contributed by atoms with Crippen molar-refractivity contribution in [1.82, 2.24) is 9.88 Å². The van der Waals surface area contributed by atoms with E-state index in [1.54, 1.807) is 0 Å². The second-order valence-corrected chi connectivity index (χ2v) is 5.06. The smallest absolute Gasteiger partial charge is 0.133 e. The van der Waals surface area contributed by atoms with Crippen molar-refractivity contribution in [1.29, 1.82) is 0 Å². The molecule has 1 aromatic heterocycles. The minimum atomic E-state index is 0.814. The molecule has 0 aliphatic rings. The molecule has 3 N–H and O–H groups in total. The van der Waals surface area contributed by atoms with Crippen molar-refractivity contribution in [2.24, 2.45) is 0 Å². The molecule has 0 aliphatic heterocycles. The van der Waals surface area contributed by atoms with Crippen LogP contribution in [0.2, 0.25) is 0 Å². The summed E-state index contributed by atoms with van der Waals surface area (Å²) in [5.41, 5.74) is 8.06. The summed E-state index contributed by atoms with van der Waals surface area (Å²) >= 11 is 0. The molecular weight excluding hydrogens is 248 g/mol. The third-order valence-electron chi connectivity index (χ3n) is 3.67.